The molecule has 0 amide bonds. The minimum atomic E-state index is -0.465. The van der Waals surface area contributed by atoms with E-state index in [9.17, 15) is 19.2 Å². The molecule has 0 aliphatic carbocycles. The maximum Gasteiger partial charge on any atom is 0.380 e. The van der Waals surface area contributed by atoms with Crippen molar-refractivity contribution in [1.29, 1.82) is 0 Å². The summed E-state index contributed by atoms with van der Waals surface area (Å²) in [6.45, 7) is 30.7. The van der Waals surface area contributed by atoms with Gasteiger partial charge in [0.1, 0.15) is 105 Å². The molecule has 0 saturated carbocycles. The van der Waals surface area contributed by atoms with E-state index in [0.29, 0.717) is 78.5 Å². The van der Waals surface area contributed by atoms with Crippen molar-refractivity contribution in [2.75, 3.05) is 118 Å². The van der Waals surface area contributed by atoms with Crippen molar-refractivity contribution < 1.29 is 57.1 Å². The molecule has 0 fully saturated rings. The third-order valence-electron chi connectivity index (χ3n) is 10.2. The van der Waals surface area contributed by atoms with Crippen molar-refractivity contribution in [3.8, 4) is 0 Å². The Labute approximate surface area is 291 Å². The van der Waals surface area contributed by atoms with Gasteiger partial charge in [-0.1, -0.05) is 0 Å². The van der Waals surface area contributed by atoms with Crippen LogP contribution in [0.1, 0.15) is 83.1 Å². The van der Waals surface area contributed by atoms with E-state index < -0.39 is 23.9 Å². The van der Waals surface area contributed by atoms with Crippen LogP contribution in [-0.2, 0) is 38.5 Å². The van der Waals surface area contributed by atoms with Crippen LogP contribution in [0.5, 0.6) is 0 Å². The van der Waals surface area contributed by atoms with Crippen LogP contribution >= 0.6 is 0 Å². The van der Waals surface area contributed by atoms with E-state index in [1.807, 2.05) is 83.1 Å². The fourth-order valence-corrected chi connectivity index (χ4v) is 5.88. The highest BCUT2D eigenvalue weighted by molar-refractivity contribution is 5.75. The summed E-state index contributed by atoms with van der Waals surface area (Å²) in [6, 6.07) is 0. The summed E-state index contributed by atoms with van der Waals surface area (Å²) in [5, 5.41) is 0. The Bertz CT molecular complexity index is 784. The molecule has 0 saturated heterocycles. The van der Waals surface area contributed by atoms with Crippen molar-refractivity contribution in [2.45, 2.75) is 83.1 Å². The summed E-state index contributed by atoms with van der Waals surface area (Å²) < 4.78 is 0.671. The number of hydrogen-bond donors (Lipinski definition) is 0. The lowest BCUT2D eigenvalue weighted by molar-refractivity contribution is -1.09. The molecule has 0 unspecified atom stereocenters. The van der Waals surface area contributed by atoms with E-state index in [1.54, 1.807) is 9.80 Å². The number of nitrogens with zero attached hydrogens (tertiary/aromatic N) is 6. The average molecular weight is 693 g/mol. The molecule has 0 aliphatic rings. The van der Waals surface area contributed by atoms with Gasteiger partial charge in [-0.2, -0.15) is 0 Å². The second-order valence-corrected chi connectivity index (χ2v) is 12.3. The fraction of sp³-hybridized carbons (Fsp3) is 0.882. The summed E-state index contributed by atoms with van der Waals surface area (Å²) in [5.74, 6) is -1.86. The molecule has 282 valence electrons. The fourth-order valence-electron chi connectivity index (χ4n) is 5.88. The molecule has 0 atom stereocenters. The molecule has 14 heteroatoms. The molecule has 0 bridgehead atoms. The van der Waals surface area contributed by atoms with Gasteiger partial charge in [0.15, 0.2) is 0 Å². The highest BCUT2D eigenvalue weighted by Crippen LogP contribution is 2.13. The smallest absolute Gasteiger partial charge is 0.281 e. The first-order chi connectivity index (χ1) is 22.7. The van der Waals surface area contributed by atoms with Gasteiger partial charge in [-0.3, -0.25) is 29.2 Å². The molecule has 0 rings (SSSR count). The minimum absolute atomic E-state index is 0.161. The van der Waals surface area contributed by atoms with Crippen molar-refractivity contribution in [1.82, 2.24) is 9.80 Å². The van der Waals surface area contributed by atoms with Crippen LogP contribution in [0.3, 0.4) is 0 Å². The SMILES string of the molecule is CC[N+](CC)(CC)OC(=O)CN(CCN(CC(=O)O[N+](CC)(CC)CC)CC(=O)O[N+](CC)(CC)CC)CC(=O)O[N+](CC)(CC)CC. The lowest BCUT2D eigenvalue weighted by Crippen LogP contribution is -2.54. The summed E-state index contributed by atoms with van der Waals surface area (Å²) in [5.41, 5.74) is 0. The first-order valence-electron chi connectivity index (χ1n) is 18.5. The highest BCUT2D eigenvalue weighted by Gasteiger charge is 2.34. The van der Waals surface area contributed by atoms with E-state index in [4.69, 9.17) is 19.4 Å². The van der Waals surface area contributed by atoms with E-state index in [-0.39, 0.29) is 57.9 Å². The van der Waals surface area contributed by atoms with E-state index in [1.165, 1.54) is 0 Å². The Kier molecular flexibility index (Phi) is 21.3. The van der Waals surface area contributed by atoms with Gasteiger partial charge in [-0.15, -0.1) is 18.6 Å². The lowest BCUT2D eigenvalue weighted by Gasteiger charge is -2.34. The zero-order valence-electron chi connectivity index (χ0n) is 32.7. The number of hydroxylamine groups is 12. The first kappa shape index (κ1) is 45.6. The van der Waals surface area contributed by atoms with Gasteiger partial charge in [0.2, 0.25) is 0 Å². The van der Waals surface area contributed by atoms with Gasteiger partial charge in [-0.05, 0) is 83.1 Å². The molecular weight excluding hydrogens is 620 g/mol. The summed E-state index contributed by atoms with van der Waals surface area (Å²) in [6.07, 6.45) is 0. The van der Waals surface area contributed by atoms with Gasteiger partial charge in [-0.25, -0.2) is 19.2 Å². The second-order valence-electron chi connectivity index (χ2n) is 12.3. The minimum Gasteiger partial charge on any atom is -0.281 e. The molecule has 14 nitrogen and oxygen atoms in total. The van der Waals surface area contributed by atoms with Gasteiger partial charge in [0, 0.05) is 13.1 Å². The second kappa shape index (κ2) is 22.4. The van der Waals surface area contributed by atoms with E-state index in [2.05, 4.69) is 0 Å². The third-order valence-corrected chi connectivity index (χ3v) is 10.2. The quantitative estimate of drug-likeness (QED) is 0.0942. The van der Waals surface area contributed by atoms with Crippen LogP contribution in [0.15, 0.2) is 0 Å². The average Bonchev–Trinajstić information content (AvgIpc) is 3.09. The number of carbonyl (C=O) groups excluding carboxylic acids is 4. The van der Waals surface area contributed by atoms with E-state index in [0.717, 1.165) is 0 Å². The van der Waals surface area contributed by atoms with Crippen LogP contribution in [0, 0.1) is 0 Å². The Morgan fingerprint density at radius 3 is 0.604 bits per heavy atom. The Hall–Kier alpha value is -2.36. The summed E-state index contributed by atoms with van der Waals surface area (Å²) >= 11 is 0. The largest absolute Gasteiger partial charge is 0.380 e. The zero-order chi connectivity index (χ0) is 37.0. The van der Waals surface area contributed by atoms with Crippen LogP contribution < -0.4 is 0 Å². The van der Waals surface area contributed by atoms with Crippen LogP contribution in [0.4, 0.5) is 0 Å². The van der Waals surface area contributed by atoms with Crippen molar-refractivity contribution in [3.63, 3.8) is 0 Å². The Morgan fingerprint density at radius 1 is 0.333 bits per heavy atom. The van der Waals surface area contributed by atoms with Crippen molar-refractivity contribution in [3.05, 3.63) is 0 Å². The molecule has 0 aromatic rings. The Morgan fingerprint density at radius 2 is 0.479 bits per heavy atom. The zero-order valence-corrected chi connectivity index (χ0v) is 32.7. The van der Waals surface area contributed by atoms with Crippen molar-refractivity contribution >= 4 is 23.9 Å². The predicted octanol–water partition coefficient (Wildman–Crippen LogP) is 2.93. The van der Waals surface area contributed by atoms with Gasteiger partial charge in [0.25, 0.3) is 0 Å². The number of carbonyl (C=O) groups is 4. The summed E-state index contributed by atoms with van der Waals surface area (Å²) in [7, 11) is 0. The molecule has 0 N–H and O–H groups in total. The maximum atomic E-state index is 13.3. The molecular formula is C34H72N6O8+4. The van der Waals surface area contributed by atoms with Gasteiger partial charge < -0.3 is 0 Å². The predicted molar refractivity (Wildman–Crippen MR) is 185 cm³/mol. The monoisotopic (exact) mass is 693 g/mol. The van der Waals surface area contributed by atoms with Crippen LogP contribution in [-0.4, -0.2) is 170 Å². The van der Waals surface area contributed by atoms with Crippen LogP contribution in [0.2, 0.25) is 0 Å². The molecule has 0 heterocycles. The standard InChI is InChI=1S/C34H72N6O8/c1-13-37(14-2,15-3)45-31(41)27-35(28-32(42)46-38(16-4,17-5)18-6)25-26-36(29-33(43)47-39(19-7,20-8)21-9)30-34(44)48-40(22-10,23-11)24-12/h13-30H2,1-12H3/q+4. The number of hydrogen-bond acceptors (Lipinski definition) is 10. The summed E-state index contributed by atoms with van der Waals surface area (Å²) in [4.78, 5) is 80.2. The molecule has 0 aliphatic heterocycles. The van der Waals surface area contributed by atoms with E-state index >= 15 is 0 Å². The topological polar surface area (TPSA) is 112 Å². The van der Waals surface area contributed by atoms with Gasteiger partial charge in [0.05, 0.1) is 0 Å². The Balaban J connectivity index is 6.31. The van der Waals surface area contributed by atoms with Crippen molar-refractivity contribution in [2.24, 2.45) is 0 Å². The first-order valence-corrected chi connectivity index (χ1v) is 18.5. The molecule has 48 heavy (non-hydrogen) atoms. The van der Waals surface area contributed by atoms with Crippen LogP contribution in [0.25, 0.3) is 0 Å². The third kappa shape index (κ3) is 14.2. The molecule has 0 spiro atoms. The maximum absolute atomic E-state index is 13.3. The number of rotatable bonds is 27. The highest BCUT2D eigenvalue weighted by atomic mass is 16.8. The normalized spacial score (nSPS) is 12.7. The lowest BCUT2D eigenvalue weighted by atomic mass is 10.3. The molecule has 0 radical (unpaired) electrons. The molecule has 0 aromatic carbocycles. The van der Waals surface area contributed by atoms with Gasteiger partial charge >= 0.3 is 23.9 Å². The number of quaternary nitrogens is 4. The molecule has 0 aromatic heterocycles.